The Labute approximate surface area is 236 Å². The van der Waals surface area contributed by atoms with Gasteiger partial charge in [0.05, 0.1) is 22.7 Å². The highest BCUT2D eigenvalue weighted by Crippen LogP contribution is 2.39. The van der Waals surface area contributed by atoms with E-state index in [9.17, 15) is 27.9 Å². The number of alkyl halides is 2. The van der Waals surface area contributed by atoms with E-state index in [0.29, 0.717) is 18.7 Å². The average molecular weight is 583 g/mol. The molecule has 4 rings (SSSR count). The lowest BCUT2D eigenvalue weighted by Crippen LogP contribution is -2.55. The standard InChI is InChI=1S/C28H34ClF3N4O4/c1-27(2,39)19-11-20(29)22(12-21(19)30)40-28(3,4)26(38)35-16-9-17-6-7-18(10-16)36(17)24-8-5-15(13-33-24)25(37)34-14-23(31)32/h5,8,11-13,16-18,23,39H,6-7,9-10,14H2,1-4H3,(H,34,37)(H,35,38)/t16?,17-,18+. The topological polar surface area (TPSA) is 104 Å². The predicted octanol–water partition coefficient (Wildman–Crippen LogP) is 4.57. The van der Waals surface area contributed by atoms with Crippen LogP contribution >= 0.6 is 11.6 Å². The quantitative estimate of drug-likeness (QED) is 0.400. The van der Waals surface area contributed by atoms with Gasteiger partial charge in [-0.1, -0.05) is 11.6 Å². The molecule has 8 nitrogen and oxygen atoms in total. The summed E-state index contributed by atoms with van der Waals surface area (Å²) in [6.07, 6.45) is 1.93. The van der Waals surface area contributed by atoms with Crippen LogP contribution in [-0.2, 0) is 10.4 Å². The van der Waals surface area contributed by atoms with Gasteiger partial charge in [-0.25, -0.2) is 18.2 Å². The van der Waals surface area contributed by atoms with Crippen molar-refractivity contribution >= 4 is 29.2 Å². The first-order valence-electron chi connectivity index (χ1n) is 13.2. The van der Waals surface area contributed by atoms with Crippen LogP contribution in [0.5, 0.6) is 5.75 Å². The molecule has 2 fully saturated rings. The van der Waals surface area contributed by atoms with Crippen molar-refractivity contribution in [1.29, 1.82) is 0 Å². The molecule has 1 aromatic carbocycles. The van der Waals surface area contributed by atoms with E-state index in [0.717, 1.165) is 18.9 Å². The fourth-order valence-electron chi connectivity index (χ4n) is 5.37. The molecule has 12 heteroatoms. The summed E-state index contributed by atoms with van der Waals surface area (Å²) >= 11 is 6.29. The SMILES string of the molecule is CC(C)(Oc1cc(F)c(C(C)(C)O)cc1Cl)C(=O)NC1C[C@H]2CC[C@@H](C1)N2c1ccc(C(=O)NCC(F)F)cn1. The number of benzene rings is 1. The summed E-state index contributed by atoms with van der Waals surface area (Å²) in [4.78, 5) is 31.8. The molecule has 2 amide bonds. The number of pyridine rings is 1. The molecule has 2 aliphatic rings. The minimum atomic E-state index is -2.63. The molecular weight excluding hydrogens is 549 g/mol. The maximum Gasteiger partial charge on any atom is 0.263 e. The van der Waals surface area contributed by atoms with E-state index < -0.39 is 35.9 Å². The number of hydrogen-bond acceptors (Lipinski definition) is 6. The van der Waals surface area contributed by atoms with Crippen LogP contribution in [0.3, 0.4) is 0 Å². The third-order valence-corrected chi connectivity index (χ3v) is 7.65. The highest BCUT2D eigenvalue weighted by molar-refractivity contribution is 6.32. The second-order valence-electron chi connectivity index (χ2n) is 11.4. The summed E-state index contributed by atoms with van der Waals surface area (Å²) in [7, 11) is 0. The molecule has 3 atom stereocenters. The van der Waals surface area contributed by atoms with Gasteiger partial charge in [-0.2, -0.15) is 0 Å². The summed E-state index contributed by atoms with van der Waals surface area (Å²) in [6, 6.07) is 5.78. The highest BCUT2D eigenvalue weighted by Gasteiger charge is 2.43. The molecule has 0 aliphatic carbocycles. The Bertz CT molecular complexity index is 1240. The summed E-state index contributed by atoms with van der Waals surface area (Å²) < 4.78 is 45.2. The maximum absolute atomic E-state index is 14.6. The number of anilines is 1. The maximum atomic E-state index is 14.6. The Morgan fingerprint density at radius 2 is 1.82 bits per heavy atom. The molecule has 40 heavy (non-hydrogen) atoms. The molecule has 0 radical (unpaired) electrons. The lowest BCUT2D eigenvalue weighted by atomic mass is 9.96. The molecule has 1 aromatic heterocycles. The van der Waals surface area contributed by atoms with Crippen molar-refractivity contribution in [2.75, 3.05) is 11.4 Å². The first kappa shape index (κ1) is 29.9. The van der Waals surface area contributed by atoms with Crippen molar-refractivity contribution in [2.24, 2.45) is 0 Å². The van der Waals surface area contributed by atoms with Gasteiger partial charge in [-0.15, -0.1) is 0 Å². The van der Waals surface area contributed by atoms with E-state index in [1.54, 1.807) is 26.0 Å². The van der Waals surface area contributed by atoms with E-state index >= 15 is 0 Å². The number of nitrogens with one attached hydrogen (secondary N) is 2. The third-order valence-electron chi connectivity index (χ3n) is 7.35. The van der Waals surface area contributed by atoms with Gasteiger partial charge < -0.3 is 25.4 Å². The Kier molecular flexibility index (Phi) is 8.56. The van der Waals surface area contributed by atoms with E-state index in [1.165, 1.54) is 26.1 Å². The molecule has 2 saturated heterocycles. The molecule has 3 heterocycles. The minimum absolute atomic E-state index is 0.000357. The Morgan fingerprint density at radius 3 is 2.38 bits per heavy atom. The van der Waals surface area contributed by atoms with Gasteiger partial charge in [0.15, 0.2) is 5.60 Å². The number of fused-ring (bicyclic) bond motifs is 2. The second-order valence-corrected chi connectivity index (χ2v) is 11.8. The van der Waals surface area contributed by atoms with Crippen LogP contribution < -0.4 is 20.3 Å². The molecular formula is C28H34ClF3N4O4. The molecule has 0 spiro atoms. The number of halogens is 4. The molecule has 2 bridgehead atoms. The monoisotopic (exact) mass is 582 g/mol. The Morgan fingerprint density at radius 1 is 1.18 bits per heavy atom. The van der Waals surface area contributed by atoms with Gasteiger partial charge in [0.1, 0.15) is 17.4 Å². The van der Waals surface area contributed by atoms with Crippen molar-refractivity contribution in [3.63, 3.8) is 0 Å². The fourth-order valence-corrected chi connectivity index (χ4v) is 5.57. The predicted molar refractivity (Wildman–Crippen MR) is 144 cm³/mol. The van der Waals surface area contributed by atoms with Gasteiger partial charge in [-0.3, -0.25) is 9.59 Å². The van der Waals surface area contributed by atoms with Crippen molar-refractivity contribution in [2.45, 2.75) is 89.1 Å². The first-order chi connectivity index (χ1) is 18.7. The smallest absolute Gasteiger partial charge is 0.263 e. The molecule has 3 N–H and O–H groups in total. The van der Waals surface area contributed by atoms with E-state index in [2.05, 4.69) is 20.5 Å². The van der Waals surface area contributed by atoms with Crippen LogP contribution in [0.1, 0.15) is 69.3 Å². The summed E-state index contributed by atoms with van der Waals surface area (Å²) in [5.74, 6) is -0.976. The number of hydrogen-bond donors (Lipinski definition) is 3. The highest BCUT2D eigenvalue weighted by atomic mass is 35.5. The van der Waals surface area contributed by atoms with Crippen LogP contribution in [0.25, 0.3) is 0 Å². The number of carbonyl (C=O) groups is 2. The third kappa shape index (κ3) is 6.63. The number of piperidine rings is 1. The average Bonchev–Trinajstić information content (AvgIpc) is 3.13. The number of rotatable bonds is 9. The molecule has 1 unspecified atom stereocenters. The van der Waals surface area contributed by atoms with Gasteiger partial charge >= 0.3 is 0 Å². The van der Waals surface area contributed by atoms with Crippen LogP contribution in [-0.4, -0.2) is 58.6 Å². The Balaban J connectivity index is 1.38. The minimum Gasteiger partial charge on any atom is -0.476 e. The molecule has 2 aromatic rings. The summed E-state index contributed by atoms with van der Waals surface area (Å²) in [5.41, 5.74) is -2.56. The van der Waals surface area contributed by atoms with Crippen molar-refractivity contribution in [1.82, 2.24) is 15.6 Å². The number of ether oxygens (including phenoxy) is 1. The van der Waals surface area contributed by atoms with Gasteiger partial charge in [0.25, 0.3) is 18.2 Å². The van der Waals surface area contributed by atoms with Crippen molar-refractivity contribution < 1.29 is 32.6 Å². The van der Waals surface area contributed by atoms with Crippen molar-refractivity contribution in [3.8, 4) is 5.75 Å². The fraction of sp³-hybridized carbons (Fsp3) is 0.536. The van der Waals surface area contributed by atoms with Crippen LogP contribution in [0, 0.1) is 5.82 Å². The number of aliphatic hydroxyl groups is 1. The normalized spacial score (nSPS) is 20.9. The number of nitrogens with zero attached hydrogens (tertiary/aromatic N) is 2. The van der Waals surface area contributed by atoms with Gasteiger partial charge in [0.2, 0.25) is 0 Å². The molecule has 218 valence electrons. The number of carbonyl (C=O) groups excluding carboxylic acids is 2. The zero-order valence-electron chi connectivity index (χ0n) is 22.8. The van der Waals surface area contributed by atoms with Crippen molar-refractivity contribution in [3.05, 3.63) is 52.4 Å². The van der Waals surface area contributed by atoms with E-state index in [1.807, 2.05) is 0 Å². The largest absolute Gasteiger partial charge is 0.476 e. The molecule has 2 aliphatic heterocycles. The Hall–Kier alpha value is -3.05. The molecule has 0 saturated carbocycles. The van der Waals surface area contributed by atoms with Gasteiger partial charge in [-0.05, 0) is 71.6 Å². The van der Waals surface area contributed by atoms with E-state index in [-0.39, 0.29) is 45.9 Å². The van der Waals surface area contributed by atoms with Crippen LogP contribution in [0.15, 0.2) is 30.5 Å². The van der Waals surface area contributed by atoms with Gasteiger partial charge in [0, 0.05) is 36.0 Å². The van der Waals surface area contributed by atoms with E-state index in [4.69, 9.17) is 16.3 Å². The zero-order chi connectivity index (χ0) is 29.4. The lowest BCUT2D eigenvalue weighted by molar-refractivity contribution is -0.135. The second kappa shape index (κ2) is 11.4. The first-order valence-corrected chi connectivity index (χ1v) is 13.6. The zero-order valence-corrected chi connectivity index (χ0v) is 23.6. The lowest BCUT2D eigenvalue weighted by Gasteiger charge is -2.41. The number of aromatic nitrogens is 1. The van der Waals surface area contributed by atoms with Crippen LogP contribution in [0.2, 0.25) is 5.02 Å². The number of amides is 2. The summed E-state index contributed by atoms with van der Waals surface area (Å²) in [5, 5.41) is 15.5. The van der Waals surface area contributed by atoms with Crippen LogP contribution in [0.4, 0.5) is 19.0 Å². The summed E-state index contributed by atoms with van der Waals surface area (Å²) in [6.45, 7) is 5.33.